The van der Waals surface area contributed by atoms with Gasteiger partial charge in [0.2, 0.25) is 0 Å². The van der Waals surface area contributed by atoms with Gasteiger partial charge in [0.1, 0.15) is 5.82 Å². The van der Waals surface area contributed by atoms with E-state index >= 15 is 0 Å². The second kappa shape index (κ2) is 6.88. The Morgan fingerprint density at radius 1 is 1.23 bits per heavy atom. The minimum atomic E-state index is -2.94. The SMILES string of the molecule is Nc1ncc(-c2cn([C@H]3[C@@H]4CN(C5COC5)C[C@@H]43)c(CC3CC3)n2)cc1OC(F)F. The molecule has 0 aromatic carbocycles. The highest BCUT2D eigenvalue weighted by Crippen LogP contribution is 2.56. The third kappa shape index (κ3) is 3.24. The third-order valence-electron chi connectivity index (χ3n) is 7.01. The molecule has 4 fully saturated rings. The van der Waals surface area contributed by atoms with Crippen molar-refractivity contribution in [2.75, 3.05) is 32.0 Å². The molecule has 2 N–H and O–H groups in total. The molecule has 2 aliphatic carbocycles. The molecule has 0 unspecified atom stereocenters. The maximum absolute atomic E-state index is 12.7. The molecule has 4 heterocycles. The first kappa shape index (κ1) is 18.5. The van der Waals surface area contributed by atoms with Crippen molar-refractivity contribution in [1.82, 2.24) is 19.4 Å². The van der Waals surface area contributed by atoms with Gasteiger partial charge in [-0.3, -0.25) is 4.90 Å². The van der Waals surface area contributed by atoms with Crippen LogP contribution < -0.4 is 10.5 Å². The van der Waals surface area contributed by atoms with E-state index in [9.17, 15) is 8.78 Å². The van der Waals surface area contributed by atoms with E-state index in [1.165, 1.54) is 18.9 Å². The number of rotatable bonds is 7. The van der Waals surface area contributed by atoms with Crippen LogP contribution in [0.2, 0.25) is 0 Å². The average Bonchev–Trinajstić information content (AvgIpc) is 3.50. The van der Waals surface area contributed by atoms with Crippen LogP contribution in [0.3, 0.4) is 0 Å². The minimum absolute atomic E-state index is 0.0477. The number of nitrogen functional groups attached to an aromatic ring is 1. The average molecular weight is 417 g/mol. The molecule has 30 heavy (non-hydrogen) atoms. The van der Waals surface area contributed by atoms with Crippen molar-refractivity contribution in [3.05, 3.63) is 24.3 Å². The molecule has 2 aliphatic heterocycles. The summed E-state index contributed by atoms with van der Waals surface area (Å²) in [5, 5.41) is 0. The van der Waals surface area contributed by atoms with Crippen LogP contribution in [0, 0.1) is 17.8 Å². The van der Waals surface area contributed by atoms with Crippen molar-refractivity contribution >= 4 is 5.82 Å². The summed E-state index contributed by atoms with van der Waals surface area (Å²) < 4.78 is 37.6. The number of likely N-dealkylation sites (tertiary alicyclic amines) is 1. The van der Waals surface area contributed by atoms with Gasteiger partial charge in [-0.25, -0.2) is 9.97 Å². The Kier molecular flexibility index (Phi) is 4.24. The van der Waals surface area contributed by atoms with Crippen LogP contribution in [0.4, 0.5) is 14.6 Å². The van der Waals surface area contributed by atoms with E-state index < -0.39 is 6.61 Å². The van der Waals surface area contributed by atoms with E-state index in [0.717, 1.165) is 44.2 Å². The topological polar surface area (TPSA) is 78.4 Å². The lowest BCUT2D eigenvalue weighted by molar-refractivity contribution is -0.0616. The van der Waals surface area contributed by atoms with E-state index in [4.69, 9.17) is 15.5 Å². The Bertz CT molecular complexity index is 947. The summed E-state index contributed by atoms with van der Waals surface area (Å²) in [5.74, 6) is 2.97. The number of nitrogens with two attached hydrogens (primary N) is 1. The molecule has 4 aliphatic rings. The second-order valence-electron chi connectivity index (χ2n) is 9.05. The second-order valence-corrected chi connectivity index (χ2v) is 9.05. The van der Waals surface area contributed by atoms with Gasteiger partial charge < -0.3 is 19.8 Å². The highest BCUT2D eigenvalue weighted by Gasteiger charge is 2.58. The lowest BCUT2D eigenvalue weighted by Crippen LogP contribution is -2.49. The van der Waals surface area contributed by atoms with E-state index in [1.54, 1.807) is 6.20 Å². The number of imidazole rings is 1. The van der Waals surface area contributed by atoms with Crippen LogP contribution in [0.5, 0.6) is 5.75 Å². The minimum Gasteiger partial charge on any atom is -0.431 e. The van der Waals surface area contributed by atoms with Gasteiger partial charge in [-0.1, -0.05) is 0 Å². The van der Waals surface area contributed by atoms with Crippen molar-refractivity contribution in [3.8, 4) is 17.0 Å². The first-order valence-electron chi connectivity index (χ1n) is 10.7. The molecular weight excluding hydrogens is 392 g/mol. The number of halogens is 2. The smallest absolute Gasteiger partial charge is 0.387 e. The van der Waals surface area contributed by atoms with Gasteiger partial charge in [-0.2, -0.15) is 8.78 Å². The summed E-state index contributed by atoms with van der Waals surface area (Å²) in [4.78, 5) is 11.5. The molecule has 3 atom stereocenters. The van der Waals surface area contributed by atoms with E-state index in [0.29, 0.717) is 35.4 Å². The molecule has 2 aromatic rings. The van der Waals surface area contributed by atoms with Gasteiger partial charge >= 0.3 is 6.61 Å². The third-order valence-corrected chi connectivity index (χ3v) is 7.01. The highest BCUT2D eigenvalue weighted by atomic mass is 19.3. The molecule has 2 aromatic heterocycles. The fraction of sp³-hybridized carbons (Fsp3) is 0.619. The van der Waals surface area contributed by atoms with Crippen molar-refractivity contribution < 1.29 is 18.3 Å². The lowest BCUT2D eigenvalue weighted by atomic mass is 10.2. The quantitative estimate of drug-likeness (QED) is 0.746. The van der Waals surface area contributed by atoms with Crippen molar-refractivity contribution in [1.29, 1.82) is 0 Å². The number of nitrogens with zero attached hydrogens (tertiary/aromatic N) is 4. The highest BCUT2D eigenvalue weighted by molar-refractivity contribution is 5.63. The van der Waals surface area contributed by atoms with Gasteiger partial charge in [-0.05, 0) is 36.7 Å². The van der Waals surface area contributed by atoms with E-state index in [-0.39, 0.29) is 11.6 Å². The van der Waals surface area contributed by atoms with Crippen molar-refractivity contribution in [3.63, 3.8) is 0 Å². The van der Waals surface area contributed by atoms with Gasteiger partial charge in [-0.15, -0.1) is 0 Å². The van der Waals surface area contributed by atoms with Crippen LogP contribution >= 0.6 is 0 Å². The van der Waals surface area contributed by atoms with Crippen LogP contribution in [0.25, 0.3) is 11.3 Å². The molecular formula is C21H25F2N5O2. The maximum Gasteiger partial charge on any atom is 0.387 e. The standard InChI is InChI=1S/C21H25F2N5O2/c22-21(23)30-17-4-12(5-25-20(17)24)16-8-28(18(26-16)3-11-1-2-11)19-14-6-27(7-15(14)19)13-9-29-10-13/h4-5,8,11,13-15,19,21H,1-3,6-7,9-10H2,(H2,24,25)/t14-,15+,19+. The first-order valence-corrected chi connectivity index (χ1v) is 10.7. The number of hydrogen-bond donors (Lipinski definition) is 1. The molecule has 6 rings (SSSR count). The largest absolute Gasteiger partial charge is 0.431 e. The van der Waals surface area contributed by atoms with Crippen molar-refractivity contribution in [2.24, 2.45) is 17.8 Å². The Balaban J connectivity index is 1.26. The normalized spacial score (nSPS) is 28.6. The zero-order valence-corrected chi connectivity index (χ0v) is 16.6. The molecule has 9 heteroatoms. The molecule has 2 saturated heterocycles. The molecule has 0 amide bonds. The molecule has 0 spiro atoms. The molecule has 0 bridgehead atoms. The zero-order valence-electron chi connectivity index (χ0n) is 16.6. The van der Waals surface area contributed by atoms with E-state index in [1.807, 2.05) is 0 Å². The number of ether oxygens (including phenoxy) is 2. The zero-order chi connectivity index (χ0) is 20.4. The van der Waals surface area contributed by atoms with Crippen LogP contribution in [-0.4, -0.2) is 58.4 Å². The number of anilines is 1. The molecule has 7 nitrogen and oxygen atoms in total. The fourth-order valence-electron chi connectivity index (χ4n) is 5.02. The maximum atomic E-state index is 12.7. The summed E-state index contributed by atoms with van der Waals surface area (Å²) in [6.07, 6.45) is 7.12. The predicted molar refractivity (Wildman–Crippen MR) is 105 cm³/mol. The molecule has 2 saturated carbocycles. The summed E-state index contributed by atoms with van der Waals surface area (Å²) in [5.41, 5.74) is 7.08. The van der Waals surface area contributed by atoms with Crippen LogP contribution in [0.15, 0.2) is 18.5 Å². The summed E-state index contributed by atoms with van der Waals surface area (Å²) >= 11 is 0. The van der Waals surface area contributed by atoms with Crippen molar-refractivity contribution in [2.45, 2.75) is 38.0 Å². The number of hydrogen-bond acceptors (Lipinski definition) is 6. The van der Waals surface area contributed by atoms with Crippen LogP contribution in [0.1, 0.15) is 24.7 Å². The number of piperidine rings is 1. The molecule has 160 valence electrons. The summed E-state index contributed by atoms with van der Waals surface area (Å²) in [7, 11) is 0. The number of fused-ring (bicyclic) bond motifs is 1. The molecule has 0 radical (unpaired) electrons. The van der Waals surface area contributed by atoms with Gasteiger partial charge in [0.25, 0.3) is 0 Å². The Morgan fingerprint density at radius 3 is 2.63 bits per heavy atom. The summed E-state index contributed by atoms with van der Waals surface area (Å²) in [6, 6.07) is 2.58. The van der Waals surface area contributed by atoms with Crippen LogP contribution in [-0.2, 0) is 11.2 Å². The van der Waals surface area contributed by atoms with Gasteiger partial charge in [0, 0.05) is 43.5 Å². The lowest BCUT2D eigenvalue weighted by Gasteiger charge is -2.36. The monoisotopic (exact) mass is 417 g/mol. The fourth-order valence-corrected chi connectivity index (χ4v) is 5.02. The Morgan fingerprint density at radius 2 is 2.00 bits per heavy atom. The van der Waals surface area contributed by atoms with Gasteiger partial charge in [0.15, 0.2) is 11.6 Å². The Hall–Kier alpha value is -2.26. The summed E-state index contributed by atoms with van der Waals surface area (Å²) in [6.45, 7) is 1.02. The number of pyridine rings is 1. The first-order chi connectivity index (χ1) is 14.6. The van der Waals surface area contributed by atoms with Gasteiger partial charge in [0.05, 0.1) is 24.9 Å². The van der Waals surface area contributed by atoms with E-state index in [2.05, 4.69) is 25.4 Å². The number of aromatic nitrogens is 3. The predicted octanol–water partition coefficient (Wildman–Crippen LogP) is 2.58. The Labute approximate surface area is 173 Å². The number of alkyl halides is 2.